The zero-order valence-corrected chi connectivity index (χ0v) is 12.8. The van der Waals surface area contributed by atoms with Gasteiger partial charge in [0.15, 0.2) is 0 Å². The molecule has 0 N–H and O–H groups in total. The normalized spacial score (nSPS) is 17.3. The number of nitrogens with zero attached hydrogens (tertiary/aromatic N) is 3. The van der Waals surface area contributed by atoms with Crippen LogP contribution in [0.15, 0.2) is 16.7 Å². The summed E-state index contributed by atoms with van der Waals surface area (Å²) in [5.41, 5.74) is 2.46. The second-order valence-corrected chi connectivity index (χ2v) is 5.73. The number of pyridine rings is 1. The van der Waals surface area contributed by atoms with E-state index < -0.39 is 5.60 Å². The lowest BCUT2D eigenvalue weighted by atomic mass is 10.0. The summed E-state index contributed by atoms with van der Waals surface area (Å²) in [6.07, 6.45) is 4.17. The molecule has 1 fully saturated rings. The molecule has 1 aliphatic carbocycles. The standard InChI is InChI=1S/C16H21N3O2/c1-4-20-16(7-5-6-8-16)15-18-14(19-21-15)13-10-11(2)9-12(3)17-13/h9-10H,4-8H2,1-3H3. The van der Waals surface area contributed by atoms with Crippen molar-refractivity contribution in [3.8, 4) is 11.5 Å². The molecule has 0 aromatic carbocycles. The predicted octanol–water partition coefficient (Wildman–Crippen LogP) is 3.55. The van der Waals surface area contributed by atoms with Crippen molar-refractivity contribution in [2.45, 2.75) is 52.1 Å². The van der Waals surface area contributed by atoms with Gasteiger partial charge in [-0.25, -0.2) is 4.98 Å². The monoisotopic (exact) mass is 287 g/mol. The highest BCUT2D eigenvalue weighted by molar-refractivity contribution is 5.50. The van der Waals surface area contributed by atoms with Crippen LogP contribution in [0.5, 0.6) is 0 Å². The van der Waals surface area contributed by atoms with Gasteiger partial charge in [0.1, 0.15) is 11.3 Å². The largest absolute Gasteiger partial charge is 0.365 e. The molecule has 5 nitrogen and oxygen atoms in total. The second kappa shape index (κ2) is 5.56. The molecule has 2 heterocycles. The predicted molar refractivity (Wildman–Crippen MR) is 78.8 cm³/mol. The first kappa shape index (κ1) is 14.2. The third-order valence-electron chi connectivity index (χ3n) is 3.97. The average Bonchev–Trinajstić information content (AvgIpc) is 3.07. The minimum Gasteiger partial charge on any atom is -0.365 e. The lowest BCUT2D eigenvalue weighted by Crippen LogP contribution is -2.26. The average molecular weight is 287 g/mol. The van der Waals surface area contributed by atoms with Crippen LogP contribution in [0.25, 0.3) is 11.5 Å². The van der Waals surface area contributed by atoms with Crippen LogP contribution in [-0.4, -0.2) is 21.7 Å². The van der Waals surface area contributed by atoms with Crippen LogP contribution in [0, 0.1) is 13.8 Å². The van der Waals surface area contributed by atoms with Crippen molar-refractivity contribution in [2.75, 3.05) is 6.61 Å². The number of hydrogen-bond acceptors (Lipinski definition) is 5. The SMILES string of the molecule is CCOC1(c2nc(-c3cc(C)cc(C)n3)no2)CCCC1. The van der Waals surface area contributed by atoms with E-state index in [4.69, 9.17) is 9.26 Å². The van der Waals surface area contributed by atoms with E-state index in [1.54, 1.807) is 0 Å². The number of aryl methyl sites for hydroxylation is 2. The molecule has 2 aromatic heterocycles. The van der Waals surface area contributed by atoms with Crippen LogP contribution >= 0.6 is 0 Å². The van der Waals surface area contributed by atoms with Gasteiger partial charge >= 0.3 is 0 Å². The van der Waals surface area contributed by atoms with Crippen molar-refractivity contribution in [1.29, 1.82) is 0 Å². The van der Waals surface area contributed by atoms with E-state index in [1.807, 2.05) is 32.9 Å². The molecule has 0 bridgehead atoms. The first-order valence-corrected chi connectivity index (χ1v) is 7.57. The summed E-state index contributed by atoms with van der Waals surface area (Å²) in [5, 5.41) is 4.11. The van der Waals surface area contributed by atoms with Crippen molar-refractivity contribution in [2.24, 2.45) is 0 Å². The Kier molecular flexibility index (Phi) is 3.76. The lowest BCUT2D eigenvalue weighted by molar-refractivity contribution is -0.0610. The second-order valence-electron chi connectivity index (χ2n) is 5.73. The third-order valence-corrected chi connectivity index (χ3v) is 3.97. The summed E-state index contributed by atoms with van der Waals surface area (Å²) in [4.78, 5) is 9.06. The van der Waals surface area contributed by atoms with Gasteiger partial charge in [-0.2, -0.15) is 4.98 Å². The lowest BCUT2D eigenvalue weighted by Gasteiger charge is -2.24. The van der Waals surface area contributed by atoms with E-state index in [-0.39, 0.29) is 0 Å². The Morgan fingerprint density at radius 1 is 1.19 bits per heavy atom. The third kappa shape index (κ3) is 2.70. The quantitative estimate of drug-likeness (QED) is 0.860. The van der Waals surface area contributed by atoms with Crippen LogP contribution in [0.1, 0.15) is 49.8 Å². The molecule has 1 saturated carbocycles. The zero-order chi connectivity index (χ0) is 14.9. The molecule has 5 heteroatoms. The van der Waals surface area contributed by atoms with Crippen molar-refractivity contribution >= 4 is 0 Å². The maximum atomic E-state index is 5.96. The molecule has 0 radical (unpaired) electrons. The molecule has 0 atom stereocenters. The Morgan fingerprint density at radius 3 is 2.62 bits per heavy atom. The number of hydrogen-bond donors (Lipinski definition) is 0. The first-order chi connectivity index (χ1) is 10.1. The fourth-order valence-electron chi connectivity index (χ4n) is 3.11. The molecule has 0 spiro atoms. The Morgan fingerprint density at radius 2 is 1.95 bits per heavy atom. The molecule has 0 amide bonds. The van der Waals surface area contributed by atoms with Crippen LogP contribution in [0.2, 0.25) is 0 Å². The molecular weight excluding hydrogens is 266 g/mol. The Hall–Kier alpha value is -1.75. The van der Waals surface area contributed by atoms with Gasteiger partial charge in [-0.1, -0.05) is 5.16 Å². The number of ether oxygens (including phenoxy) is 1. The summed E-state index contributed by atoms with van der Waals surface area (Å²) in [6, 6.07) is 4.01. The van der Waals surface area contributed by atoms with Gasteiger partial charge in [-0.3, -0.25) is 0 Å². The molecule has 0 aliphatic heterocycles. The minimum atomic E-state index is -0.390. The van der Waals surface area contributed by atoms with E-state index in [9.17, 15) is 0 Å². The van der Waals surface area contributed by atoms with Gasteiger partial charge in [0.25, 0.3) is 5.89 Å². The van der Waals surface area contributed by atoms with Gasteiger partial charge in [-0.15, -0.1) is 0 Å². The van der Waals surface area contributed by atoms with Gasteiger partial charge < -0.3 is 9.26 Å². The van der Waals surface area contributed by atoms with Gasteiger partial charge in [0.05, 0.1) is 0 Å². The molecular formula is C16H21N3O2. The molecule has 0 unspecified atom stereocenters. The Bertz CT molecular complexity index is 610. The molecule has 1 aliphatic rings. The van der Waals surface area contributed by atoms with E-state index in [1.165, 1.54) is 0 Å². The van der Waals surface area contributed by atoms with Crippen LogP contribution < -0.4 is 0 Å². The van der Waals surface area contributed by atoms with E-state index >= 15 is 0 Å². The molecule has 21 heavy (non-hydrogen) atoms. The topological polar surface area (TPSA) is 61.0 Å². The van der Waals surface area contributed by atoms with Crippen molar-refractivity contribution < 1.29 is 9.26 Å². The summed E-state index contributed by atoms with van der Waals surface area (Å²) in [6.45, 7) is 6.66. The zero-order valence-electron chi connectivity index (χ0n) is 12.8. The Balaban J connectivity index is 1.95. The molecule has 3 rings (SSSR count). The Labute approximate surface area is 124 Å². The molecule has 0 saturated heterocycles. The number of aromatic nitrogens is 3. The smallest absolute Gasteiger partial charge is 0.259 e. The first-order valence-electron chi connectivity index (χ1n) is 7.57. The van der Waals surface area contributed by atoms with Crippen LogP contribution in [0.3, 0.4) is 0 Å². The number of rotatable bonds is 4. The summed E-state index contributed by atoms with van der Waals surface area (Å²) >= 11 is 0. The minimum absolute atomic E-state index is 0.390. The summed E-state index contributed by atoms with van der Waals surface area (Å²) in [7, 11) is 0. The molecule has 2 aromatic rings. The van der Waals surface area contributed by atoms with E-state index in [2.05, 4.69) is 15.1 Å². The maximum absolute atomic E-state index is 5.96. The fourth-order valence-corrected chi connectivity index (χ4v) is 3.11. The van der Waals surface area contributed by atoms with Gasteiger partial charge in [0.2, 0.25) is 5.82 Å². The van der Waals surface area contributed by atoms with Crippen molar-refractivity contribution in [1.82, 2.24) is 15.1 Å². The van der Waals surface area contributed by atoms with Crippen LogP contribution in [0.4, 0.5) is 0 Å². The van der Waals surface area contributed by atoms with Gasteiger partial charge in [0, 0.05) is 12.3 Å². The highest BCUT2D eigenvalue weighted by Crippen LogP contribution is 2.41. The summed E-state index contributed by atoms with van der Waals surface area (Å²) < 4.78 is 11.5. The van der Waals surface area contributed by atoms with E-state index in [0.29, 0.717) is 18.3 Å². The van der Waals surface area contributed by atoms with Crippen molar-refractivity contribution in [3.05, 3.63) is 29.3 Å². The van der Waals surface area contributed by atoms with Gasteiger partial charge in [-0.05, 0) is 64.2 Å². The van der Waals surface area contributed by atoms with Crippen LogP contribution in [-0.2, 0) is 10.3 Å². The van der Waals surface area contributed by atoms with E-state index in [0.717, 1.165) is 42.6 Å². The van der Waals surface area contributed by atoms with Crippen molar-refractivity contribution in [3.63, 3.8) is 0 Å². The fraction of sp³-hybridized carbons (Fsp3) is 0.562. The highest BCUT2D eigenvalue weighted by Gasteiger charge is 2.41. The maximum Gasteiger partial charge on any atom is 0.259 e. The highest BCUT2D eigenvalue weighted by atomic mass is 16.5. The molecule has 112 valence electrons. The summed E-state index contributed by atoms with van der Waals surface area (Å²) in [5.74, 6) is 1.14.